The van der Waals surface area contributed by atoms with Gasteiger partial charge in [0.05, 0.1) is 30.5 Å². The third-order valence-corrected chi connectivity index (χ3v) is 4.22. The van der Waals surface area contributed by atoms with Gasteiger partial charge in [-0.15, -0.1) is 0 Å². The topological polar surface area (TPSA) is 72.9 Å². The lowest BCUT2D eigenvalue weighted by atomic mass is 9.95. The number of hydrogen-bond acceptors (Lipinski definition) is 3. The fourth-order valence-electron chi connectivity index (χ4n) is 2.93. The minimum atomic E-state index is -0.435. The highest BCUT2D eigenvalue weighted by Crippen LogP contribution is 2.35. The van der Waals surface area contributed by atoms with Gasteiger partial charge in [-0.1, -0.05) is 29.8 Å². The van der Waals surface area contributed by atoms with Gasteiger partial charge in [-0.25, -0.2) is 4.79 Å². The fourth-order valence-corrected chi connectivity index (χ4v) is 2.93. The first-order chi connectivity index (χ1) is 10.5. The van der Waals surface area contributed by atoms with Gasteiger partial charge in [0.15, 0.2) is 0 Å². The Morgan fingerprint density at radius 2 is 1.95 bits per heavy atom. The molecule has 2 aliphatic heterocycles. The standard InChI is InChI=1S/C16H19N3O3/c1-10-3-5-11(6-4-10)14-13-12(18(2)16(22)17-14)9-19(7-8-20)15(13)21/h3-6,14,20H,7-9H2,1-2H3,(H,17,22)/t14-/m1/s1. The van der Waals surface area contributed by atoms with E-state index < -0.39 is 6.04 Å². The SMILES string of the molecule is Cc1ccc([C@H]2NC(=O)N(C)C3=C2C(=O)N(CCO)C3)cc1. The molecule has 2 heterocycles. The number of β-amino-alcohol motifs (C(OH)–C–C–N with tert-alkyl or cyclic N) is 1. The van der Waals surface area contributed by atoms with E-state index in [2.05, 4.69) is 5.32 Å². The molecule has 0 radical (unpaired) electrons. The molecule has 1 atom stereocenters. The Balaban J connectivity index is 2.02. The highest BCUT2D eigenvalue weighted by molar-refractivity contribution is 6.01. The van der Waals surface area contributed by atoms with Crippen molar-refractivity contribution in [3.63, 3.8) is 0 Å². The van der Waals surface area contributed by atoms with Gasteiger partial charge in [-0.3, -0.25) is 9.69 Å². The third kappa shape index (κ3) is 2.25. The first-order valence-electron chi connectivity index (χ1n) is 7.27. The lowest BCUT2D eigenvalue weighted by Crippen LogP contribution is -2.45. The monoisotopic (exact) mass is 301 g/mol. The zero-order valence-corrected chi connectivity index (χ0v) is 12.7. The number of amides is 3. The first kappa shape index (κ1) is 14.6. The van der Waals surface area contributed by atoms with Crippen LogP contribution in [0.5, 0.6) is 0 Å². The largest absolute Gasteiger partial charge is 0.395 e. The fraction of sp³-hybridized carbons (Fsp3) is 0.375. The van der Waals surface area contributed by atoms with Crippen molar-refractivity contribution in [2.75, 3.05) is 26.7 Å². The average Bonchev–Trinajstić information content (AvgIpc) is 2.82. The van der Waals surface area contributed by atoms with E-state index in [1.165, 1.54) is 4.90 Å². The van der Waals surface area contributed by atoms with Gasteiger partial charge < -0.3 is 15.3 Å². The molecule has 6 heteroatoms. The third-order valence-electron chi connectivity index (χ3n) is 4.22. The van der Waals surface area contributed by atoms with Crippen LogP contribution in [-0.4, -0.2) is 53.6 Å². The summed E-state index contributed by atoms with van der Waals surface area (Å²) in [4.78, 5) is 27.8. The van der Waals surface area contributed by atoms with Gasteiger partial charge in [0.2, 0.25) is 0 Å². The molecule has 2 aliphatic rings. The van der Waals surface area contributed by atoms with Crippen LogP contribution in [-0.2, 0) is 4.79 Å². The Morgan fingerprint density at radius 3 is 2.59 bits per heavy atom. The van der Waals surface area contributed by atoms with E-state index in [1.54, 1.807) is 11.9 Å². The van der Waals surface area contributed by atoms with Crippen LogP contribution in [0, 0.1) is 6.92 Å². The number of carbonyl (C=O) groups is 2. The van der Waals surface area contributed by atoms with Crippen LogP contribution in [0.4, 0.5) is 4.79 Å². The molecule has 0 spiro atoms. The summed E-state index contributed by atoms with van der Waals surface area (Å²) in [5.41, 5.74) is 3.32. The average molecular weight is 301 g/mol. The highest BCUT2D eigenvalue weighted by atomic mass is 16.3. The summed E-state index contributed by atoms with van der Waals surface area (Å²) >= 11 is 0. The smallest absolute Gasteiger partial charge is 0.322 e. The molecule has 3 amide bonds. The van der Waals surface area contributed by atoms with Gasteiger partial charge in [-0.2, -0.15) is 0 Å². The number of hydrogen-bond donors (Lipinski definition) is 2. The number of likely N-dealkylation sites (N-methyl/N-ethyl adjacent to an activating group) is 1. The summed E-state index contributed by atoms with van der Waals surface area (Å²) < 4.78 is 0. The lowest BCUT2D eigenvalue weighted by molar-refractivity contribution is -0.126. The van der Waals surface area contributed by atoms with Crippen LogP contribution in [0.2, 0.25) is 0 Å². The van der Waals surface area contributed by atoms with E-state index in [1.807, 2.05) is 31.2 Å². The van der Waals surface area contributed by atoms with Crippen LogP contribution >= 0.6 is 0 Å². The number of aliphatic hydroxyl groups is 1. The molecule has 116 valence electrons. The molecule has 0 saturated carbocycles. The predicted molar refractivity (Wildman–Crippen MR) is 80.9 cm³/mol. The van der Waals surface area contributed by atoms with Crippen molar-refractivity contribution in [3.8, 4) is 0 Å². The minimum Gasteiger partial charge on any atom is -0.395 e. The van der Waals surface area contributed by atoms with Crippen molar-refractivity contribution in [2.24, 2.45) is 0 Å². The molecule has 0 unspecified atom stereocenters. The molecule has 6 nitrogen and oxygen atoms in total. The second-order valence-electron chi connectivity index (χ2n) is 5.66. The second-order valence-corrected chi connectivity index (χ2v) is 5.66. The summed E-state index contributed by atoms with van der Waals surface area (Å²) in [5.74, 6) is -0.124. The number of aliphatic hydroxyl groups excluding tert-OH is 1. The van der Waals surface area contributed by atoms with Gasteiger partial charge in [0.1, 0.15) is 0 Å². The zero-order valence-electron chi connectivity index (χ0n) is 12.7. The van der Waals surface area contributed by atoms with Crippen molar-refractivity contribution in [1.29, 1.82) is 0 Å². The zero-order chi connectivity index (χ0) is 15.9. The van der Waals surface area contributed by atoms with E-state index in [0.717, 1.165) is 11.1 Å². The van der Waals surface area contributed by atoms with E-state index in [4.69, 9.17) is 5.11 Å². The van der Waals surface area contributed by atoms with E-state index in [0.29, 0.717) is 17.8 Å². The molecule has 3 rings (SSSR count). The molecule has 0 aliphatic carbocycles. The Labute approximate surface area is 129 Å². The number of aryl methyl sites for hydroxylation is 1. The molecule has 0 bridgehead atoms. The van der Waals surface area contributed by atoms with Crippen LogP contribution in [0.15, 0.2) is 35.5 Å². The molecule has 2 N–H and O–H groups in total. The minimum absolute atomic E-state index is 0.0907. The molecular formula is C16H19N3O3. The molecule has 1 aromatic rings. The van der Waals surface area contributed by atoms with E-state index in [9.17, 15) is 9.59 Å². The van der Waals surface area contributed by atoms with Crippen molar-refractivity contribution >= 4 is 11.9 Å². The number of urea groups is 1. The van der Waals surface area contributed by atoms with Crippen molar-refractivity contribution in [3.05, 3.63) is 46.7 Å². The maximum Gasteiger partial charge on any atom is 0.322 e. The van der Waals surface area contributed by atoms with Crippen molar-refractivity contribution in [1.82, 2.24) is 15.1 Å². The Hall–Kier alpha value is -2.34. The number of benzene rings is 1. The maximum atomic E-state index is 12.6. The molecule has 1 aromatic carbocycles. The van der Waals surface area contributed by atoms with Crippen molar-refractivity contribution in [2.45, 2.75) is 13.0 Å². The maximum absolute atomic E-state index is 12.6. The number of rotatable bonds is 3. The van der Waals surface area contributed by atoms with E-state index >= 15 is 0 Å². The quantitative estimate of drug-likeness (QED) is 0.866. The van der Waals surface area contributed by atoms with Crippen LogP contribution in [0.3, 0.4) is 0 Å². The Morgan fingerprint density at radius 1 is 1.27 bits per heavy atom. The Kier molecular flexibility index (Phi) is 3.62. The van der Waals surface area contributed by atoms with Crippen LogP contribution in [0.1, 0.15) is 17.2 Å². The summed E-state index contributed by atoms with van der Waals surface area (Å²) in [7, 11) is 1.66. The van der Waals surface area contributed by atoms with Gasteiger partial charge in [-0.05, 0) is 12.5 Å². The first-order valence-corrected chi connectivity index (χ1v) is 7.27. The van der Waals surface area contributed by atoms with Crippen LogP contribution in [0.25, 0.3) is 0 Å². The lowest BCUT2D eigenvalue weighted by Gasteiger charge is -2.31. The normalized spacial score (nSPS) is 21.3. The van der Waals surface area contributed by atoms with E-state index in [-0.39, 0.29) is 25.1 Å². The summed E-state index contributed by atoms with van der Waals surface area (Å²) in [6, 6.07) is 7.13. The van der Waals surface area contributed by atoms with Crippen LogP contribution < -0.4 is 5.32 Å². The Bertz CT molecular complexity index is 651. The van der Waals surface area contributed by atoms with Gasteiger partial charge >= 0.3 is 6.03 Å². The molecular weight excluding hydrogens is 282 g/mol. The number of nitrogens with one attached hydrogen (secondary N) is 1. The summed E-state index contributed by atoms with van der Waals surface area (Å²) in [6.07, 6.45) is 0. The number of carbonyl (C=O) groups excluding carboxylic acids is 2. The highest BCUT2D eigenvalue weighted by Gasteiger charge is 2.42. The predicted octanol–water partition coefficient (Wildman–Crippen LogP) is 0.780. The molecule has 0 fully saturated rings. The van der Waals surface area contributed by atoms with Gasteiger partial charge in [0.25, 0.3) is 5.91 Å². The number of nitrogens with zero attached hydrogens (tertiary/aromatic N) is 2. The molecule has 0 aromatic heterocycles. The second kappa shape index (κ2) is 5.46. The van der Waals surface area contributed by atoms with Crippen molar-refractivity contribution < 1.29 is 14.7 Å². The molecule has 0 saturated heterocycles. The summed E-state index contributed by atoms with van der Waals surface area (Å²) in [6.45, 7) is 2.54. The summed E-state index contributed by atoms with van der Waals surface area (Å²) in [5, 5.41) is 12.0. The van der Waals surface area contributed by atoms with Gasteiger partial charge in [0, 0.05) is 13.6 Å². The molecule has 22 heavy (non-hydrogen) atoms.